The molecule has 0 aliphatic carbocycles. The third kappa shape index (κ3) is 0.990. The predicted octanol–water partition coefficient (Wildman–Crippen LogP) is 0.523. The second-order valence-corrected chi connectivity index (χ2v) is 2.23. The van der Waals surface area contributed by atoms with Crippen LogP contribution in [0.15, 0.2) is 18.7 Å². The van der Waals surface area contributed by atoms with Gasteiger partial charge in [-0.3, -0.25) is 4.40 Å². The van der Waals surface area contributed by atoms with Crippen molar-refractivity contribution in [2.24, 2.45) is 0 Å². The summed E-state index contributed by atoms with van der Waals surface area (Å²) >= 11 is 0. The molecule has 0 aromatic carbocycles. The van der Waals surface area contributed by atoms with E-state index in [0.29, 0.717) is 18.1 Å². The largest absolute Gasteiger partial charge is 0.475 e. The molecule has 2 heterocycles. The second kappa shape index (κ2) is 2.77. The van der Waals surface area contributed by atoms with Crippen molar-refractivity contribution in [1.82, 2.24) is 19.6 Å². The first-order valence-corrected chi connectivity index (χ1v) is 3.69. The highest BCUT2D eigenvalue weighted by Gasteiger charge is 2.03. The van der Waals surface area contributed by atoms with Crippen LogP contribution in [0.4, 0.5) is 0 Å². The van der Waals surface area contributed by atoms with Crippen molar-refractivity contribution in [3.8, 4) is 5.88 Å². The number of hydrogen-bond donors (Lipinski definition) is 0. The first kappa shape index (κ1) is 7.02. The van der Waals surface area contributed by atoms with Crippen molar-refractivity contribution in [2.45, 2.75) is 6.92 Å². The van der Waals surface area contributed by atoms with Gasteiger partial charge in [-0.1, -0.05) is 0 Å². The first-order chi connectivity index (χ1) is 5.92. The molecule has 2 aromatic heterocycles. The molecule has 0 saturated heterocycles. The van der Waals surface area contributed by atoms with E-state index in [9.17, 15) is 0 Å². The molecule has 62 valence electrons. The number of ether oxygens (including phenoxy) is 1. The van der Waals surface area contributed by atoms with E-state index in [2.05, 4.69) is 15.2 Å². The molecule has 2 aromatic rings. The Kier molecular flexibility index (Phi) is 1.62. The molecule has 0 radical (unpaired) electrons. The molecule has 12 heavy (non-hydrogen) atoms. The Labute approximate surface area is 69.0 Å². The summed E-state index contributed by atoms with van der Waals surface area (Å²) < 4.78 is 7.00. The smallest absolute Gasteiger partial charge is 0.260 e. The van der Waals surface area contributed by atoms with Gasteiger partial charge in [0.05, 0.1) is 6.61 Å². The molecular weight excluding hydrogens is 156 g/mol. The molecule has 0 aliphatic rings. The van der Waals surface area contributed by atoms with Crippen LogP contribution in [0.3, 0.4) is 0 Å². The fourth-order valence-electron chi connectivity index (χ4n) is 0.974. The van der Waals surface area contributed by atoms with E-state index in [-0.39, 0.29) is 0 Å². The number of nitrogens with zero attached hydrogens (tertiary/aromatic N) is 4. The van der Waals surface area contributed by atoms with Gasteiger partial charge in [-0.05, 0) is 6.92 Å². The Balaban J connectivity index is 2.57. The van der Waals surface area contributed by atoms with Gasteiger partial charge >= 0.3 is 0 Å². The van der Waals surface area contributed by atoms with Crippen LogP contribution in [0.1, 0.15) is 6.92 Å². The minimum Gasteiger partial charge on any atom is -0.475 e. The topological polar surface area (TPSA) is 52.3 Å². The summed E-state index contributed by atoms with van der Waals surface area (Å²) in [5.74, 6) is 0.525. The van der Waals surface area contributed by atoms with Gasteiger partial charge in [-0.25, -0.2) is 4.98 Å². The lowest BCUT2D eigenvalue weighted by atomic mass is 10.6. The molecule has 5 nitrogen and oxygen atoms in total. The minimum absolute atomic E-state index is 0.525. The molecule has 0 saturated carbocycles. The van der Waals surface area contributed by atoms with E-state index >= 15 is 0 Å². The Morgan fingerprint density at radius 2 is 2.50 bits per heavy atom. The zero-order valence-corrected chi connectivity index (χ0v) is 6.64. The van der Waals surface area contributed by atoms with E-state index in [1.807, 2.05) is 6.92 Å². The maximum Gasteiger partial charge on any atom is 0.260 e. The zero-order chi connectivity index (χ0) is 8.39. The quantitative estimate of drug-likeness (QED) is 0.649. The third-order valence-corrected chi connectivity index (χ3v) is 1.46. The summed E-state index contributed by atoms with van der Waals surface area (Å²) in [7, 11) is 0. The summed E-state index contributed by atoms with van der Waals surface area (Å²) in [6.45, 7) is 2.49. The molecule has 0 amide bonds. The average Bonchev–Trinajstić information content (AvgIpc) is 2.53. The highest BCUT2D eigenvalue weighted by molar-refractivity contribution is 5.46. The Morgan fingerprint density at radius 3 is 3.33 bits per heavy atom. The minimum atomic E-state index is 0.525. The monoisotopic (exact) mass is 164 g/mol. The van der Waals surface area contributed by atoms with Crippen LogP contribution in [0.2, 0.25) is 0 Å². The number of fused-ring (bicyclic) bond motifs is 1. The van der Waals surface area contributed by atoms with Crippen LogP contribution in [-0.4, -0.2) is 26.2 Å². The molecule has 0 atom stereocenters. The van der Waals surface area contributed by atoms with Crippen molar-refractivity contribution in [3.63, 3.8) is 0 Å². The summed E-state index contributed by atoms with van der Waals surface area (Å²) in [4.78, 5) is 4.02. The summed E-state index contributed by atoms with van der Waals surface area (Å²) in [5.41, 5.74) is 0.652. The van der Waals surface area contributed by atoms with Crippen LogP contribution in [0, 0.1) is 0 Å². The lowest BCUT2D eigenvalue weighted by molar-refractivity contribution is 0.329. The lowest BCUT2D eigenvalue weighted by Crippen LogP contribution is -1.97. The highest BCUT2D eigenvalue weighted by atomic mass is 16.5. The highest BCUT2D eigenvalue weighted by Crippen LogP contribution is 2.11. The molecule has 0 spiro atoms. The lowest BCUT2D eigenvalue weighted by Gasteiger charge is -2.00. The molecule has 0 unspecified atom stereocenters. The molecule has 0 fully saturated rings. The van der Waals surface area contributed by atoms with E-state index in [0.717, 1.165) is 0 Å². The Morgan fingerprint density at radius 1 is 1.58 bits per heavy atom. The predicted molar refractivity (Wildman–Crippen MR) is 42.0 cm³/mol. The van der Waals surface area contributed by atoms with Crippen LogP contribution < -0.4 is 4.74 Å². The summed E-state index contributed by atoms with van der Waals surface area (Å²) in [5, 5.41) is 7.60. The van der Waals surface area contributed by atoms with Crippen LogP contribution in [0.5, 0.6) is 5.88 Å². The summed E-state index contributed by atoms with van der Waals surface area (Å²) in [6, 6.07) is 0. The standard InChI is InChI=1S/C7H8N4O/c1-2-12-7-6-10-9-5-11(6)4-3-8-7/h3-5H,2H2,1H3. The molecule has 0 aliphatic heterocycles. The van der Waals surface area contributed by atoms with Gasteiger partial charge in [0.25, 0.3) is 5.88 Å². The molecule has 5 heteroatoms. The van der Waals surface area contributed by atoms with Crippen molar-refractivity contribution in [3.05, 3.63) is 18.7 Å². The van der Waals surface area contributed by atoms with Gasteiger partial charge in [0, 0.05) is 12.4 Å². The first-order valence-electron chi connectivity index (χ1n) is 3.69. The van der Waals surface area contributed by atoms with E-state index in [1.165, 1.54) is 0 Å². The van der Waals surface area contributed by atoms with Crippen LogP contribution >= 0.6 is 0 Å². The normalized spacial score (nSPS) is 10.4. The molecule has 0 bridgehead atoms. The van der Waals surface area contributed by atoms with Crippen LogP contribution in [0.25, 0.3) is 5.65 Å². The SMILES string of the molecule is CCOc1nccn2cnnc12. The Bertz CT molecular complexity index is 384. The zero-order valence-electron chi connectivity index (χ0n) is 6.64. The maximum atomic E-state index is 5.24. The van der Waals surface area contributed by atoms with Gasteiger partial charge in [-0.15, -0.1) is 10.2 Å². The van der Waals surface area contributed by atoms with Gasteiger partial charge in [-0.2, -0.15) is 0 Å². The van der Waals surface area contributed by atoms with Crippen molar-refractivity contribution in [2.75, 3.05) is 6.61 Å². The average molecular weight is 164 g/mol. The number of rotatable bonds is 2. The number of hydrogen-bond acceptors (Lipinski definition) is 4. The third-order valence-electron chi connectivity index (χ3n) is 1.46. The Hall–Kier alpha value is -1.65. The maximum absolute atomic E-state index is 5.24. The number of aromatic nitrogens is 4. The van der Waals surface area contributed by atoms with Gasteiger partial charge in [0.15, 0.2) is 0 Å². The second-order valence-electron chi connectivity index (χ2n) is 2.23. The van der Waals surface area contributed by atoms with Gasteiger partial charge in [0.1, 0.15) is 6.33 Å². The van der Waals surface area contributed by atoms with E-state index < -0.39 is 0 Å². The molecular formula is C7H8N4O. The fourth-order valence-corrected chi connectivity index (χ4v) is 0.974. The van der Waals surface area contributed by atoms with Gasteiger partial charge < -0.3 is 4.74 Å². The van der Waals surface area contributed by atoms with Crippen LogP contribution in [-0.2, 0) is 0 Å². The fraction of sp³-hybridized carbons (Fsp3) is 0.286. The van der Waals surface area contributed by atoms with E-state index in [4.69, 9.17) is 4.74 Å². The summed E-state index contributed by atoms with van der Waals surface area (Å²) in [6.07, 6.45) is 5.04. The van der Waals surface area contributed by atoms with E-state index in [1.54, 1.807) is 23.1 Å². The van der Waals surface area contributed by atoms with Gasteiger partial charge in [0.2, 0.25) is 5.65 Å². The van der Waals surface area contributed by atoms with Crippen molar-refractivity contribution >= 4 is 5.65 Å². The van der Waals surface area contributed by atoms with Crippen molar-refractivity contribution in [1.29, 1.82) is 0 Å². The molecule has 2 rings (SSSR count). The molecule has 0 N–H and O–H groups in total. The van der Waals surface area contributed by atoms with Crippen molar-refractivity contribution < 1.29 is 4.74 Å².